The minimum absolute atomic E-state index is 0.0825. The highest BCUT2D eigenvalue weighted by atomic mass is 79.9. The van der Waals surface area contributed by atoms with Gasteiger partial charge in [0, 0.05) is 41.1 Å². The van der Waals surface area contributed by atoms with Crippen LogP contribution in [0.5, 0.6) is 5.75 Å². The maximum atomic E-state index is 13.7. The van der Waals surface area contributed by atoms with E-state index < -0.39 is 11.6 Å². The summed E-state index contributed by atoms with van der Waals surface area (Å²) in [5, 5.41) is 9.64. The zero-order valence-corrected chi connectivity index (χ0v) is 23.5. The van der Waals surface area contributed by atoms with Gasteiger partial charge in [-0.2, -0.15) is 0 Å². The molecule has 1 heterocycles. The van der Waals surface area contributed by atoms with Crippen LogP contribution in [0.3, 0.4) is 0 Å². The number of benzene rings is 3. The van der Waals surface area contributed by atoms with Gasteiger partial charge in [-0.1, -0.05) is 51.8 Å². The summed E-state index contributed by atoms with van der Waals surface area (Å²) in [6.45, 7) is 2.94. The lowest BCUT2D eigenvalue weighted by Gasteiger charge is -2.28. The normalized spacial score (nSPS) is 18.5. The molecule has 2 atom stereocenters. The molecule has 38 heavy (non-hydrogen) atoms. The molecule has 3 aromatic carbocycles. The number of hydrazine groups is 1. The number of nitrogens with zero attached hydrogens (tertiary/aromatic N) is 1. The molecule has 0 fully saturated rings. The smallest absolute Gasteiger partial charge is 0.266 e. The number of nitrogens with one attached hydrogen (secondary N) is 2. The Morgan fingerprint density at radius 1 is 1.08 bits per heavy atom. The highest BCUT2D eigenvalue weighted by Gasteiger charge is 2.50. The first-order valence-electron chi connectivity index (χ1n) is 12.5. The summed E-state index contributed by atoms with van der Waals surface area (Å²) in [5.74, 6) is 0.841. The number of aliphatic hydroxyl groups excluding tert-OH is 1. The number of carbonyl (C=O) groups is 1. The number of rotatable bonds is 12. The quantitative estimate of drug-likeness (QED) is 0.204. The fraction of sp³-hybridized carbons (Fsp3) is 0.310. The monoisotopic (exact) mass is 599 g/mol. The summed E-state index contributed by atoms with van der Waals surface area (Å²) in [7, 11) is 0. The van der Waals surface area contributed by atoms with Crippen molar-refractivity contribution in [3.05, 3.63) is 99.0 Å². The Labute approximate surface area is 236 Å². The minimum atomic E-state index is -1.16. The van der Waals surface area contributed by atoms with Gasteiger partial charge in [0.25, 0.3) is 5.91 Å². The second-order valence-electron chi connectivity index (χ2n) is 9.11. The summed E-state index contributed by atoms with van der Waals surface area (Å²) in [6.07, 6.45) is 1.17. The predicted octanol–water partition coefficient (Wildman–Crippen LogP) is 4.87. The average Bonchev–Trinajstić information content (AvgIpc) is 3.26. The van der Waals surface area contributed by atoms with Crippen LogP contribution in [0.25, 0.3) is 0 Å². The van der Waals surface area contributed by atoms with Crippen LogP contribution in [0.15, 0.2) is 82.3 Å². The maximum Gasteiger partial charge on any atom is 0.266 e. The Kier molecular flexibility index (Phi) is 9.80. The van der Waals surface area contributed by atoms with Crippen LogP contribution < -0.4 is 15.6 Å². The Bertz CT molecular complexity index is 1240. The maximum absolute atomic E-state index is 13.7. The van der Waals surface area contributed by atoms with E-state index in [1.807, 2.05) is 79.7 Å². The van der Waals surface area contributed by atoms with Crippen LogP contribution in [0.1, 0.15) is 30.0 Å². The summed E-state index contributed by atoms with van der Waals surface area (Å²) in [6, 6.07) is 22.9. The second-order valence-corrected chi connectivity index (χ2v) is 10.5. The van der Waals surface area contributed by atoms with Crippen molar-refractivity contribution < 1.29 is 19.4 Å². The van der Waals surface area contributed by atoms with Crippen LogP contribution in [-0.2, 0) is 22.4 Å². The van der Waals surface area contributed by atoms with E-state index in [9.17, 15) is 4.79 Å². The van der Waals surface area contributed by atoms with Crippen molar-refractivity contribution in [2.24, 2.45) is 4.99 Å². The molecule has 0 saturated heterocycles. The van der Waals surface area contributed by atoms with Gasteiger partial charge in [0.05, 0.1) is 6.61 Å². The molecule has 0 aliphatic carbocycles. The fourth-order valence-corrected chi connectivity index (χ4v) is 4.56. The van der Waals surface area contributed by atoms with Gasteiger partial charge in [0.15, 0.2) is 5.54 Å². The van der Waals surface area contributed by atoms with E-state index >= 15 is 0 Å². The molecule has 0 bridgehead atoms. The number of aliphatic hydroxyl groups is 1. The number of hydrogen-bond donors (Lipinski definition) is 3. The molecule has 9 heteroatoms. The Morgan fingerprint density at radius 2 is 1.76 bits per heavy atom. The number of halogens is 2. The lowest BCUT2D eigenvalue weighted by atomic mass is 9.86. The summed E-state index contributed by atoms with van der Waals surface area (Å²) in [5.41, 5.74) is 7.60. The lowest BCUT2D eigenvalue weighted by Crippen LogP contribution is -2.56. The Morgan fingerprint density at radius 3 is 2.45 bits per heavy atom. The standard InChI is InChI=1S/C29H31BrClN3O4/c1-20-29(19-22-3-9-24(30)10-4-22,28(36)34-32-16-15-21-5-11-25(31)12-6-21)33-27(38-20)23-7-13-26(14-8-23)37-18-2-17-35/h3-14,20,32,35H,2,15-19H2,1H3,(H,34,36)/t20-,29-/m0/s1. The van der Waals surface area contributed by atoms with Gasteiger partial charge in [-0.3, -0.25) is 10.2 Å². The van der Waals surface area contributed by atoms with Gasteiger partial charge in [-0.05, 0) is 73.0 Å². The minimum Gasteiger partial charge on any atom is -0.494 e. The van der Waals surface area contributed by atoms with Crippen molar-refractivity contribution in [2.45, 2.75) is 37.8 Å². The number of ether oxygens (including phenoxy) is 2. The van der Waals surface area contributed by atoms with E-state index in [1.165, 1.54) is 0 Å². The summed E-state index contributed by atoms with van der Waals surface area (Å²) >= 11 is 9.44. The molecule has 1 aliphatic rings. The zero-order valence-electron chi connectivity index (χ0n) is 21.1. The molecular formula is C29H31BrClN3O4. The number of amides is 1. The highest BCUT2D eigenvalue weighted by molar-refractivity contribution is 9.10. The van der Waals surface area contributed by atoms with E-state index in [4.69, 9.17) is 31.2 Å². The molecule has 0 spiro atoms. The Hall–Kier alpha value is -2.91. The third kappa shape index (κ3) is 7.14. The molecule has 0 aromatic heterocycles. The van der Waals surface area contributed by atoms with Crippen molar-refractivity contribution in [3.63, 3.8) is 0 Å². The van der Waals surface area contributed by atoms with Crippen molar-refractivity contribution in [1.29, 1.82) is 0 Å². The molecule has 200 valence electrons. The van der Waals surface area contributed by atoms with Crippen LogP contribution in [0.2, 0.25) is 5.02 Å². The first kappa shape index (κ1) is 28.1. The zero-order chi connectivity index (χ0) is 27.0. The van der Waals surface area contributed by atoms with Crippen LogP contribution in [-0.4, -0.2) is 48.3 Å². The third-order valence-electron chi connectivity index (χ3n) is 6.37. The predicted molar refractivity (Wildman–Crippen MR) is 153 cm³/mol. The molecule has 4 rings (SSSR count). The van der Waals surface area contributed by atoms with Gasteiger partial charge in [0.1, 0.15) is 11.9 Å². The molecule has 1 amide bonds. The molecule has 3 N–H and O–H groups in total. The van der Waals surface area contributed by atoms with Gasteiger partial charge >= 0.3 is 0 Å². The first-order valence-corrected chi connectivity index (χ1v) is 13.7. The SMILES string of the molecule is C[C@@H]1OC(c2ccc(OCCCO)cc2)=N[C@]1(Cc1ccc(Br)cc1)C(=O)NNCCc1ccc(Cl)cc1. The third-order valence-corrected chi connectivity index (χ3v) is 7.15. The first-order chi connectivity index (χ1) is 18.4. The molecule has 0 saturated carbocycles. The van der Waals surface area contributed by atoms with Crippen molar-refractivity contribution in [1.82, 2.24) is 10.9 Å². The topological polar surface area (TPSA) is 92.2 Å². The van der Waals surface area contributed by atoms with Crippen LogP contribution in [0.4, 0.5) is 0 Å². The molecule has 7 nitrogen and oxygen atoms in total. The average molecular weight is 601 g/mol. The van der Waals surface area contributed by atoms with Crippen molar-refractivity contribution in [3.8, 4) is 5.75 Å². The van der Waals surface area contributed by atoms with E-state index in [0.717, 1.165) is 27.6 Å². The molecule has 1 aliphatic heterocycles. The van der Waals surface area contributed by atoms with Gasteiger partial charge < -0.3 is 14.6 Å². The highest BCUT2D eigenvalue weighted by Crippen LogP contribution is 2.33. The van der Waals surface area contributed by atoms with Crippen LogP contribution >= 0.6 is 27.5 Å². The number of aliphatic imine (C=N–C) groups is 1. The largest absolute Gasteiger partial charge is 0.494 e. The summed E-state index contributed by atoms with van der Waals surface area (Å²) < 4.78 is 12.8. The van der Waals surface area contributed by atoms with Crippen molar-refractivity contribution >= 4 is 39.3 Å². The molecule has 0 unspecified atom stereocenters. The van der Waals surface area contributed by atoms with Gasteiger partial charge in [0.2, 0.25) is 5.90 Å². The van der Waals surface area contributed by atoms with Crippen molar-refractivity contribution in [2.75, 3.05) is 19.8 Å². The van der Waals surface area contributed by atoms with E-state index in [1.54, 1.807) is 0 Å². The van der Waals surface area contributed by atoms with E-state index in [2.05, 4.69) is 26.8 Å². The van der Waals surface area contributed by atoms with Gasteiger partial charge in [-0.25, -0.2) is 10.4 Å². The van der Waals surface area contributed by atoms with Crippen LogP contribution in [0, 0.1) is 0 Å². The van der Waals surface area contributed by atoms with E-state index in [0.29, 0.717) is 42.7 Å². The second kappa shape index (κ2) is 13.2. The lowest BCUT2D eigenvalue weighted by molar-refractivity contribution is -0.129. The fourth-order valence-electron chi connectivity index (χ4n) is 4.17. The molecule has 0 radical (unpaired) electrons. The molecule has 3 aromatic rings. The molecular weight excluding hydrogens is 570 g/mol. The Balaban J connectivity index is 1.50. The number of hydrogen-bond acceptors (Lipinski definition) is 6. The van der Waals surface area contributed by atoms with E-state index in [-0.39, 0.29) is 12.5 Å². The van der Waals surface area contributed by atoms with Gasteiger partial charge in [-0.15, -0.1) is 0 Å². The number of carbonyl (C=O) groups excluding carboxylic acids is 1. The summed E-state index contributed by atoms with van der Waals surface area (Å²) in [4.78, 5) is 18.5.